The van der Waals surface area contributed by atoms with E-state index < -0.39 is 17.5 Å². The molecule has 198 valence electrons. The summed E-state index contributed by atoms with van der Waals surface area (Å²) in [6.07, 6.45) is 1.42. The number of H-pyrrole nitrogens is 1. The summed E-state index contributed by atoms with van der Waals surface area (Å²) in [4.78, 5) is 24.0. The zero-order valence-electron chi connectivity index (χ0n) is 21.6. The van der Waals surface area contributed by atoms with Crippen LogP contribution < -0.4 is 0 Å². The Balaban J connectivity index is 1.68. The summed E-state index contributed by atoms with van der Waals surface area (Å²) < 4.78 is 16.5. The summed E-state index contributed by atoms with van der Waals surface area (Å²) in [5, 5.41) is 13.9. The molecule has 0 radical (unpaired) electrons. The first-order chi connectivity index (χ1) is 20.1. The van der Waals surface area contributed by atoms with Gasteiger partial charge in [-0.1, -0.05) is 91.0 Å². The molecular weight excluding hydrogens is 517 g/mol. The number of nitrogens with one attached hydrogen (secondary N) is 1. The predicted octanol–water partition coefficient (Wildman–Crippen LogP) is 6.65. The van der Waals surface area contributed by atoms with E-state index in [1.165, 1.54) is 12.3 Å². The number of carboxylic acids is 1. The van der Waals surface area contributed by atoms with Gasteiger partial charge in [-0.15, -0.1) is 0 Å². The van der Waals surface area contributed by atoms with Crippen LogP contribution in [0.5, 0.6) is 0 Å². The monoisotopic (exact) mass is 539 g/mol. The van der Waals surface area contributed by atoms with E-state index >= 15 is 0 Å². The molecule has 0 amide bonds. The summed E-state index contributed by atoms with van der Waals surface area (Å²) in [6, 6.07) is 37.1. The Morgan fingerprint density at radius 2 is 1.29 bits per heavy atom. The van der Waals surface area contributed by atoms with Crippen molar-refractivity contribution in [3.05, 3.63) is 150 Å². The van der Waals surface area contributed by atoms with Gasteiger partial charge in [0.1, 0.15) is 5.54 Å². The molecule has 7 aromatic rings. The Bertz CT molecular complexity index is 1940. The van der Waals surface area contributed by atoms with Crippen molar-refractivity contribution in [2.24, 2.45) is 0 Å². The van der Waals surface area contributed by atoms with Gasteiger partial charge in [-0.3, -0.25) is 9.78 Å². The lowest BCUT2D eigenvalue weighted by Crippen LogP contribution is -2.38. The minimum Gasteiger partial charge on any atom is -0.475 e. The van der Waals surface area contributed by atoms with Gasteiger partial charge >= 0.3 is 5.97 Å². The lowest BCUT2D eigenvalue weighted by molar-refractivity contribution is 0.0685. The van der Waals surface area contributed by atoms with Crippen LogP contribution in [0.2, 0.25) is 0 Å². The molecule has 7 rings (SSSR count). The first-order valence-electron chi connectivity index (χ1n) is 13.0. The van der Waals surface area contributed by atoms with Crippen molar-refractivity contribution in [3.63, 3.8) is 0 Å². The number of carbonyl (C=O) groups is 1. The lowest BCUT2D eigenvalue weighted by Gasteiger charge is -2.37. The topological polar surface area (TPSA) is 96.7 Å². The van der Waals surface area contributed by atoms with Crippen LogP contribution in [0.3, 0.4) is 0 Å². The second-order valence-electron chi connectivity index (χ2n) is 9.71. The number of hydrogen-bond donors (Lipinski definition) is 2. The van der Waals surface area contributed by atoms with Crippen LogP contribution in [0.4, 0.5) is 4.39 Å². The zero-order chi connectivity index (χ0) is 28.0. The Kier molecular flexibility index (Phi) is 5.67. The minimum atomic E-state index is -1.20. The van der Waals surface area contributed by atoms with E-state index in [0.717, 1.165) is 27.6 Å². The van der Waals surface area contributed by atoms with E-state index in [9.17, 15) is 14.3 Å². The molecule has 0 saturated carbocycles. The van der Waals surface area contributed by atoms with Crippen molar-refractivity contribution in [3.8, 4) is 11.3 Å². The number of fused-ring (bicyclic) bond motifs is 2. The van der Waals surface area contributed by atoms with E-state index in [-0.39, 0.29) is 5.82 Å². The number of rotatable bonds is 6. The van der Waals surface area contributed by atoms with E-state index in [0.29, 0.717) is 22.3 Å². The number of hydrogen-bond acceptors (Lipinski definition) is 4. The van der Waals surface area contributed by atoms with Crippen molar-refractivity contribution in [2.75, 3.05) is 0 Å². The van der Waals surface area contributed by atoms with Crippen LogP contribution in [-0.4, -0.2) is 35.8 Å². The molecule has 0 unspecified atom stereocenters. The Morgan fingerprint density at radius 1 is 0.756 bits per heavy atom. The molecule has 2 N–H and O–H groups in total. The van der Waals surface area contributed by atoms with Gasteiger partial charge in [-0.2, -0.15) is 4.39 Å². The molecule has 0 fully saturated rings. The third kappa shape index (κ3) is 3.88. The number of carboxylic acid groups (broad SMARTS) is 1. The zero-order valence-corrected chi connectivity index (χ0v) is 21.6. The van der Waals surface area contributed by atoms with Gasteiger partial charge in [-0.25, -0.2) is 19.7 Å². The molecule has 8 heteroatoms. The van der Waals surface area contributed by atoms with Crippen LogP contribution >= 0.6 is 0 Å². The molecule has 0 aliphatic carbocycles. The molecule has 7 nitrogen and oxygen atoms in total. The summed E-state index contributed by atoms with van der Waals surface area (Å²) in [7, 11) is 0. The summed E-state index contributed by atoms with van der Waals surface area (Å²) >= 11 is 0. The molecule has 0 bridgehead atoms. The highest BCUT2D eigenvalue weighted by Gasteiger charge is 2.40. The third-order valence-electron chi connectivity index (χ3n) is 7.40. The number of halogens is 1. The van der Waals surface area contributed by atoms with Gasteiger partial charge in [-0.05, 0) is 34.9 Å². The van der Waals surface area contributed by atoms with Crippen LogP contribution in [0, 0.1) is 5.95 Å². The maximum absolute atomic E-state index is 14.4. The molecule has 0 spiro atoms. The average Bonchev–Trinajstić information content (AvgIpc) is 3.60. The molecular formula is C33H22FN5O2. The minimum absolute atomic E-state index is 0.278. The molecule has 4 aromatic carbocycles. The Labute approximate surface area is 233 Å². The van der Waals surface area contributed by atoms with Crippen molar-refractivity contribution < 1.29 is 14.3 Å². The SMILES string of the molecule is O=C(O)c1nc2cc3c(-c4ccnc(F)c4)[nH]n(C(c4ccccc4)(c4ccccc4)c4ccccc4)c3cc2n1. The fourth-order valence-electron chi connectivity index (χ4n) is 5.68. The van der Waals surface area contributed by atoms with Crippen molar-refractivity contribution >= 4 is 27.9 Å². The maximum Gasteiger partial charge on any atom is 0.373 e. The highest BCUT2D eigenvalue weighted by Crippen LogP contribution is 2.44. The number of pyridine rings is 1. The summed E-state index contributed by atoms with van der Waals surface area (Å²) in [5.41, 5.74) is 4.87. The van der Waals surface area contributed by atoms with Gasteiger partial charge in [0.05, 0.1) is 22.2 Å². The first kappa shape index (κ1) is 24.4. The molecule has 0 aliphatic rings. The third-order valence-corrected chi connectivity index (χ3v) is 7.40. The van der Waals surface area contributed by atoms with Gasteiger partial charge in [0.25, 0.3) is 0 Å². The smallest absolute Gasteiger partial charge is 0.373 e. The normalized spacial score (nSPS) is 11.7. The fraction of sp³-hybridized carbons (Fsp3) is 0.0303. The number of aromatic amines is 1. The predicted molar refractivity (Wildman–Crippen MR) is 154 cm³/mol. The van der Waals surface area contributed by atoms with Gasteiger partial charge in [0, 0.05) is 23.2 Å². The summed E-state index contributed by atoms with van der Waals surface area (Å²) in [6.45, 7) is 0. The van der Waals surface area contributed by atoms with Crippen LogP contribution in [0.25, 0.3) is 33.2 Å². The van der Waals surface area contributed by atoms with Crippen LogP contribution in [0.1, 0.15) is 27.3 Å². The lowest BCUT2D eigenvalue weighted by atomic mass is 9.77. The Hall–Kier alpha value is -5.63. The number of imidazole rings is 1. The highest BCUT2D eigenvalue weighted by molar-refractivity contribution is 6.02. The van der Waals surface area contributed by atoms with E-state index in [2.05, 4.69) is 61.1 Å². The van der Waals surface area contributed by atoms with Crippen molar-refractivity contribution in [1.82, 2.24) is 24.7 Å². The second-order valence-corrected chi connectivity index (χ2v) is 9.71. The fourth-order valence-corrected chi connectivity index (χ4v) is 5.68. The second kappa shape index (κ2) is 9.53. The van der Waals surface area contributed by atoms with Crippen molar-refractivity contribution in [1.29, 1.82) is 0 Å². The average molecular weight is 540 g/mol. The number of aromatic carboxylic acids is 1. The van der Waals surface area contributed by atoms with E-state index in [1.807, 2.05) is 60.7 Å². The Morgan fingerprint density at radius 3 is 1.80 bits per heavy atom. The molecule has 0 saturated heterocycles. The van der Waals surface area contributed by atoms with Crippen LogP contribution in [0.15, 0.2) is 121 Å². The van der Waals surface area contributed by atoms with Gasteiger partial charge in [0.15, 0.2) is 0 Å². The van der Waals surface area contributed by atoms with E-state index in [4.69, 9.17) is 0 Å². The number of nitrogens with zero attached hydrogens (tertiary/aromatic N) is 4. The van der Waals surface area contributed by atoms with Crippen LogP contribution in [-0.2, 0) is 5.54 Å². The maximum atomic E-state index is 14.4. The molecule has 0 aliphatic heterocycles. The van der Waals surface area contributed by atoms with Crippen molar-refractivity contribution in [2.45, 2.75) is 5.54 Å². The molecule has 3 heterocycles. The van der Waals surface area contributed by atoms with Gasteiger partial charge < -0.3 is 5.11 Å². The highest BCUT2D eigenvalue weighted by atomic mass is 19.1. The quantitative estimate of drug-likeness (QED) is 0.182. The standard InChI is InChI=1S/C33H22FN5O2/c34-29-18-21(16-17-35-29)30-25-19-26-27(37-31(36-26)32(40)41)20-28(25)39(38-30)33(22-10-4-1-5-11-22,23-12-6-2-7-13-23)24-14-8-3-9-15-24/h1-20,38H,(H,40,41). The number of benzene rings is 4. The largest absolute Gasteiger partial charge is 0.475 e. The van der Waals surface area contributed by atoms with Gasteiger partial charge in [0.2, 0.25) is 11.8 Å². The molecule has 3 aromatic heterocycles. The molecule has 0 atom stereocenters. The molecule has 41 heavy (non-hydrogen) atoms. The summed E-state index contributed by atoms with van der Waals surface area (Å²) in [5.74, 6) is -2.09. The number of aromatic nitrogens is 5. The first-order valence-corrected chi connectivity index (χ1v) is 13.0. The van der Waals surface area contributed by atoms with E-state index in [1.54, 1.807) is 12.1 Å².